The lowest BCUT2D eigenvalue weighted by atomic mass is 10.0. The number of halogens is 1. The van der Waals surface area contributed by atoms with E-state index in [-0.39, 0.29) is 17.3 Å². The average Bonchev–Trinajstić information content (AvgIpc) is 3.50. The number of nitrogens with one attached hydrogen (secondary N) is 1. The van der Waals surface area contributed by atoms with Gasteiger partial charge < -0.3 is 4.90 Å². The first-order valence-electron chi connectivity index (χ1n) is 9.26. The Morgan fingerprint density at radius 1 is 1.00 bits per heavy atom. The van der Waals surface area contributed by atoms with Crippen LogP contribution in [-0.4, -0.2) is 50.6 Å². The SMILES string of the molecule is O=C(c1ccc(NS(=O)O)cc1)N1CCN(C2(c3ccc(F)cc3)CC2)CC1. The van der Waals surface area contributed by atoms with Crippen molar-refractivity contribution < 1.29 is 17.9 Å². The van der Waals surface area contributed by atoms with Crippen molar-refractivity contribution in [1.82, 2.24) is 9.80 Å². The fraction of sp³-hybridized carbons (Fsp3) is 0.350. The Hall–Kier alpha value is -2.29. The van der Waals surface area contributed by atoms with Crippen molar-refractivity contribution in [3.8, 4) is 0 Å². The average molecular weight is 403 g/mol. The molecule has 28 heavy (non-hydrogen) atoms. The van der Waals surface area contributed by atoms with Crippen LogP contribution in [0.3, 0.4) is 0 Å². The molecule has 0 spiro atoms. The number of benzene rings is 2. The van der Waals surface area contributed by atoms with E-state index in [1.165, 1.54) is 12.1 Å². The van der Waals surface area contributed by atoms with Gasteiger partial charge in [-0.05, 0) is 54.8 Å². The van der Waals surface area contributed by atoms with E-state index in [2.05, 4.69) is 9.62 Å². The summed E-state index contributed by atoms with van der Waals surface area (Å²) in [5, 5.41) is 0. The van der Waals surface area contributed by atoms with Crippen molar-refractivity contribution in [2.45, 2.75) is 18.4 Å². The first-order valence-corrected chi connectivity index (χ1v) is 10.4. The zero-order chi connectivity index (χ0) is 19.7. The van der Waals surface area contributed by atoms with Crippen molar-refractivity contribution in [1.29, 1.82) is 0 Å². The van der Waals surface area contributed by atoms with Crippen molar-refractivity contribution in [2.24, 2.45) is 0 Å². The van der Waals surface area contributed by atoms with E-state index in [0.717, 1.165) is 31.5 Å². The number of hydrogen-bond donors (Lipinski definition) is 2. The monoisotopic (exact) mass is 403 g/mol. The number of carbonyl (C=O) groups is 1. The van der Waals surface area contributed by atoms with Crippen LogP contribution in [0.4, 0.5) is 10.1 Å². The summed E-state index contributed by atoms with van der Waals surface area (Å²) < 4.78 is 35.2. The van der Waals surface area contributed by atoms with Crippen LogP contribution in [0.1, 0.15) is 28.8 Å². The number of hydrogen-bond acceptors (Lipinski definition) is 3. The minimum Gasteiger partial charge on any atom is -0.336 e. The molecule has 4 rings (SSSR count). The maximum atomic E-state index is 13.2. The molecule has 6 nitrogen and oxygen atoms in total. The fourth-order valence-corrected chi connectivity index (χ4v) is 4.31. The van der Waals surface area contributed by atoms with Gasteiger partial charge in [0.05, 0.1) is 0 Å². The lowest BCUT2D eigenvalue weighted by Crippen LogP contribution is -2.52. The van der Waals surface area contributed by atoms with E-state index >= 15 is 0 Å². The van der Waals surface area contributed by atoms with Crippen LogP contribution in [0, 0.1) is 5.82 Å². The molecule has 1 amide bonds. The van der Waals surface area contributed by atoms with Gasteiger partial charge in [0, 0.05) is 43.0 Å². The maximum Gasteiger partial charge on any atom is 0.259 e. The molecule has 2 fully saturated rings. The molecule has 8 heteroatoms. The molecule has 1 saturated heterocycles. The molecular formula is C20H22FN3O3S. The second-order valence-electron chi connectivity index (χ2n) is 7.25. The molecule has 148 valence electrons. The second-order valence-corrected chi connectivity index (χ2v) is 7.95. The highest BCUT2D eigenvalue weighted by molar-refractivity contribution is 7.80. The van der Waals surface area contributed by atoms with E-state index in [0.29, 0.717) is 24.3 Å². The number of amides is 1. The largest absolute Gasteiger partial charge is 0.336 e. The molecular weight excluding hydrogens is 381 g/mol. The Labute approximate surface area is 165 Å². The normalized spacial score (nSPS) is 19.9. The number of nitrogens with zero attached hydrogens (tertiary/aromatic N) is 2. The van der Waals surface area contributed by atoms with Gasteiger partial charge in [0.25, 0.3) is 17.2 Å². The Bertz CT molecular complexity index is 877. The maximum absolute atomic E-state index is 13.2. The van der Waals surface area contributed by atoms with Gasteiger partial charge in [0.15, 0.2) is 0 Å². The molecule has 2 aliphatic rings. The van der Waals surface area contributed by atoms with Crippen molar-refractivity contribution in [2.75, 3.05) is 30.9 Å². The molecule has 2 aromatic rings. The van der Waals surface area contributed by atoms with E-state index in [1.807, 2.05) is 17.0 Å². The summed E-state index contributed by atoms with van der Waals surface area (Å²) in [5.41, 5.74) is 2.19. The van der Waals surface area contributed by atoms with Crippen LogP contribution in [0.5, 0.6) is 0 Å². The predicted molar refractivity (Wildman–Crippen MR) is 106 cm³/mol. The third kappa shape index (κ3) is 3.80. The minimum absolute atomic E-state index is 0.00387. The molecule has 0 bridgehead atoms. The molecule has 1 aliphatic heterocycles. The number of rotatable bonds is 5. The van der Waals surface area contributed by atoms with Crippen molar-refractivity contribution in [3.05, 3.63) is 65.5 Å². The van der Waals surface area contributed by atoms with Crippen LogP contribution in [-0.2, 0) is 16.8 Å². The summed E-state index contributed by atoms with van der Waals surface area (Å²) in [7, 11) is 0. The summed E-state index contributed by atoms with van der Waals surface area (Å²) in [6.07, 6.45) is 2.13. The van der Waals surface area contributed by atoms with E-state index in [4.69, 9.17) is 4.55 Å². The van der Waals surface area contributed by atoms with Gasteiger partial charge in [-0.15, -0.1) is 0 Å². The van der Waals surface area contributed by atoms with E-state index < -0.39 is 11.3 Å². The summed E-state index contributed by atoms with van der Waals surface area (Å²) in [5.74, 6) is -0.260. The van der Waals surface area contributed by atoms with Crippen LogP contribution in [0.2, 0.25) is 0 Å². The van der Waals surface area contributed by atoms with Crippen LogP contribution < -0.4 is 4.72 Å². The van der Waals surface area contributed by atoms with Crippen LogP contribution >= 0.6 is 0 Å². The topological polar surface area (TPSA) is 72.9 Å². The number of carbonyl (C=O) groups excluding carboxylic acids is 1. The molecule has 0 aromatic heterocycles. The highest BCUT2D eigenvalue weighted by atomic mass is 32.2. The van der Waals surface area contributed by atoms with Crippen LogP contribution in [0.15, 0.2) is 48.5 Å². The van der Waals surface area contributed by atoms with Gasteiger partial charge in [0.1, 0.15) is 5.82 Å². The van der Waals surface area contributed by atoms with E-state index in [9.17, 15) is 13.4 Å². The zero-order valence-corrected chi connectivity index (χ0v) is 16.1. The van der Waals surface area contributed by atoms with Gasteiger partial charge in [-0.3, -0.25) is 19.0 Å². The summed E-state index contributed by atoms with van der Waals surface area (Å²) in [6.45, 7) is 2.85. The first-order chi connectivity index (χ1) is 13.5. The molecule has 1 saturated carbocycles. The fourth-order valence-electron chi connectivity index (χ4n) is 3.97. The predicted octanol–water partition coefficient (Wildman–Crippen LogP) is 2.82. The Morgan fingerprint density at radius 3 is 2.14 bits per heavy atom. The van der Waals surface area contributed by atoms with Gasteiger partial charge in [-0.2, -0.15) is 0 Å². The number of anilines is 1. The van der Waals surface area contributed by atoms with Gasteiger partial charge in [-0.1, -0.05) is 12.1 Å². The summed E-state index contributed by atoms with van der Waals surface area (Å²) in [6, 6.07) is 13.3. The third-order valence-corrected chi connectivity index (χ3v) is 6.02. The minimum atomic E-state index is -2.13. The Balaban J connectivity index is 1.38. The van der Waals surface area contributed by atoms with Crippen LogP contribution in [0.25, 0.3) is 0 Å². The smallest absolute Gasteiger partial charge is 0.259 e. The molecule has 1 atom stereocenters. The first kappa shape index (κ1) is 19.0. The van der Waals surface area contributed by atoms with Crippen molar-refractivity contribution in [3.63, 3.8) is 0 Å². The third-order valence-electron chi connectivity index (χ3n) is 5.61. The van der Waals surface area contributed by atoms with Gasteiger partial charge >= 0.3 is 0 Å². The van der Waals surface area contributed by atoms with Crippen molar-refractivity contribution >= 4 is 22.9 Å². The zero-order valence-electron chi connectivity index (χ0n) is 15.3. The standard InChI is InChI=1S/C20H22FN3O3S/c21-17-5-3-16(4-6-17)20(9-10-20)24-13-11-23(12-14-24)19(25)15-1-7-18(8-2-15)22-28(26)27/h1-8,22H,9-14H2,(H,26,27). The molecule has 1 heterocycles. The molecule has 2 aromatic carbocycles. The molecule has 2 N–H and O–H groups in total. The summed E-state index contributed by atoms with van der Waals surface area (Å²) in [4.78, 5) is 17.0. The lowest BCUT2D eigenvalue weighted by Gasteiger charge is -2.40. The molecule has 0 radical (unpaired) electrons. The summed E-state index contributed by atoms with van der Waals surface area (Å²) >= 11 is -2.13. The number of piperazine rings is 1. The lowest BCUT2D eigenvalue weighted by molar-refractivity contribution is 0.0531. The Kier molecular flexibility index (Phi) is 5.18. The van der Waals surface area contributed by atoms with E-state index in [1.54, 1.807) is 24.3 Å². The highest BCUT2D eigenvalue weighted by Gasteiger charge is 2.50. The van der Waals surface area contributed by atoms with Gasteiger partial charge in [0.2, 0.25) is 0 Å². The molecule has 1 aliphatic carbocycles. The van der Waals surface area contributed by atoms with Gasteiger partial charge in [-0.25, -0.2) is 8.60 Å². The molecule has 1 unspecified atom stereocenters. The highest BCUT2D eigenvalue weighted by Crippen LogP contribution is 2.51. The second kappa shape index (κ2) is 7.62. The quantitative estimate of drug-likeness (QED) is 0.753. The Morgan fingerprint density at radius 2 is 1.61 bits per heavy atom.